The van der Waals surface area contributed by atoms with Gasteiger partial charge >= 0.3 is 0 Å². The van der Waals surface area contributed by atoms with Crippen molar-refractivity contribution in [2.24, 2.45) is 5.18 Å². The first-order valence-corrected chi connectivity index (χ1v) is 7.90. The number of benzene rings is 1. The van der Waals surface area contributed by atoms with Gasteiger partial charge in [-0.15, -0.1) is 4.91 Å². The summed E-state index contributed by atoms with van der Waals surface area (Å²) in [5.41, 5.74) is -0.597. The van der Waals surface area contributed by atoms with Gasteiger partial charge < -0.3 is 9.47 Å². The highest BCUT2D eigenvalue weighted by Gasteiger charge is 2.46. The molecule has 2 fully saturated rings. The Hall–Kier alpha value is -1.74. The first kappa shape index (κ1) is 16.1. The fraction of sp³-hybridized carbons (Fsp3) is 0.471. The summed E-state index contributed by atoms with van der Waals surface area (Å²) in [5.74, 6) is 4.40. The molecular weight excluding hydrogens is 318 g/mol. The van der Waals surface area contributed by atoms with Crippen LogP contribution in [-0.4, -0.2) is 30.3 Å². The number of rotatable bonds is 2. The maximum atomic E-state index is 12.1. The second-order valence-corrected chi connectivity index (χ2v) is 6.25. The van der Waals surface area contributed by atoms with E-state index < -0.39 is 11.3 Å². The van der Waals surface area contributed by atoms with Gasteiger partial charge in [-0.25, -0.2) is 0 Å². The number of nitrogens with zero attached hydrogens (tertiary/aromatic N) is 1. The van der Waals surface area contributed by atoms with E-state index in [2.05, 4.69) is 17.0 Å². The van der Waals surface area contributed by atoms with Gasteiger partial charge in [0, 0.05) is 23.4 Å². The number of hydrogen-bond donors (Lipinski definition) is 0. The Morgan fingerprint density at radius 1 is 1.09 bits per heavy atom. The molecule has 0 amide bonds. The molecule has 0 unspecified atom stereocenters. The van der Waals surface area contributed by atoms with E-state index in [0.29, 0.717) is 49.5 Å². The first-order chi connectivity index (χ1) is 11.1. The highest BCUT2D eigenvalue weighted by molar-refractivity contribution is 6.30. The van der Waals surface area contributed by atoms with E-state index in [9.17, 15) is 9.70 Å². The fourth-order valence-electron chi connectivity index (χ4n) is 2.92. The molecule has 5 nitrogen and oxygen atoms in total. The Bertz CT molecular complexity index is 658. The van der Waals surface area contributed by atoms with Gasteiger partial charge in [0.1, 0.15) is 0 Å². The summed E-state index contributed by atoms with van der Waals surface area (Å²) in [7, 11) is 0. The Kier molecular flexibility index (Phi) is 4.49. The molecule has 1 aromatic rings. The van der Waals surface area contributed by atoms with Crippen LogP contribution in [0, 0.1) is 16.7 Å². The number of ether oxygens (including phenoxy) is 2. The minimum atomic E-state index is -1.04. The van der Waals surface area contributed by atoms with E-state index in [1.54, 1.807) is 24.3 Å². The lowest BCUT2D eigenvalue weighted by molar-refractivity contribution is -0.181. The van der Waals surface area contributed by atoms with E-state index >= 15 is 0 Å². The van der Waals surface area contributed by atoms with Crippen molar-refractivity contribution in [1.82, 2.24) is 0 Å². The maximum absolute atomic E-state index is 12.1. The molecule has 1 aliphatic heterocycles. The van der Waals surface area contributed by atoms with Crippen molar-refractivity contribution >= 4 is 17.4 Å². The zero-order chi connectivity index (χ0) is 16.3. The van der Waals surface area contributed by atoms with Gasteiger partial charge in [0.25, 0.3) is 0 Å². The van der Waals surface area contributed by atoms with E-state index in [-0.39, 0.29) is 5.78 Å². The van der Waals surface area contributed by atoms with Crippen LogP contribution in [0.4, 0.5) is 0 Å². The Labute approximate surface area is 139 Å². The van der Waals surface area contributed by atoms with Gasteiger partial charge in [-0.1, -0.05) is 22.7 Å². The van der Waals surface area contributed by atoms with Gasteiger partial charge in [-0.05, 0) is 43.0 Å². The third kappa shape index (κ3) is 3.45. The third-order valence-electron chi connectivity index (χ3n) is 4.34. The fourth-order valence-corrected chi connectivity index (χ4v) is 3.04. The smallest absolute Gasteiger partial charge is 0.235 e. The summed E-state index contributed by atoms with van der Waals surface area (Å²) < 4.78 is 11.3. The molecule has 3 rings (SSSR count). The molecule has 1 saturated carbocycles. The van der Waals surface area contributed by atoms with Crippen LogP contribution in [0.3, 0.4) is 0 Å². The Balaban J connectivity index is 1.71. The molecule has 23 heavy (non-hydrogen) atoms. The molecule has 6 heteroatoms. The van der Waals surface area contributed by atoms with Crippen LogP contribution in [0.25, 0.3) is 0 Å². The van der Waals surface area contributed by atoms with E-state index in [1.165, 1.54) is 0 Å². The summed E-state index contributed by atoms with van der Waals surface area (Å²) in [5, 5.41) is 3.76. The van der Waals surface area contributed by atoms with Crippen molar-refractivity contribution in [1.29, 1.82) is 0 Å². The summed E-state index contributed by atoms with van der Waals surface area (Å²) >= 11 is 5.79. The molecule has 120 valence electrons. The monoisotopic (exact) mass is 333 g/mol. The lowest BCUT2D eigenvalue weighted by Crippen LogP contribution is -2.41. The average Bonchev–Trinajstić information content (AvgIpc) is 3.04. The molecule has 0 N–H and O–H groups in total. The van der Waals surface area contributed by atoms with Crippen LogP contribution in [0.1, 0.15) is 36.0 Å². The van der Waals surface area contributed by atoms with Crippen LogP contribution in [0.5, 0.6) is 0 Å². The largest absolute Gasteiger partial charge is 0.348 e. The molecule has 0 aromatic heterocycles. The van der Waals surface area contributed by atoms with Crippen molar-refractivity contribution in [3.05, 3.63) is 39.8 Å². The Morgan fingerprint density at radius 3 is 2.26 bits per heavy atom. The van der Waals surface area contributed by atoms with Crippen LogP contribution in [0.2, 0.25) is 5.02 Å². The predicted octanol–water partition coefficient (Wildman–Crippen LogP) is 3.35. The standard InChI is InChI=1S/C17H16ClNO4/c18-14-3-1-13(2-4-14)15(20)5-6-16(19-21)7-9-17(10-8-16)22-11-12-23-17/h1-4H,7-12H2. The number of hydrogen-bond acceptors (Lipinski definition) is 5. The molecule has 2 aliphatic rings. The minimum Gasteiger partial charge on any atom is -0.348 e. The SMILES string of the molecule is O=NC1(C#CC(=O)c2ccc(Cl)cc2)CCC2(CC1)OCCO2. The van der Waals surface area contributed by atoms with Gasteiger partial charge in [0.05, 0.1) is 13.2 Å². The van der Waals surface area contributed by atoms with E-state index in [4.69, 9.17) is 21.1 Å². The molecule has 1 spiro atoms. The van der Waals surface area contributed by atoms with Crippen molar-refractivity contribution in [3.63, 3.8) is 0 Å². The third-order valence-corrected chi connectivity index (χ3v) is 4.59. The second-order valence-electron chi connectivity index (χ2n) is 5.82. The molecule has 0 radical (unpaired) electrons. The van der Waals surface area contributed by atoms with Crippen molar-refractivity contribution < 1.29 is 14.3 Å². The number of Topliss-reactive ketones (excluding diaryl/α,β-unsaturated/α-hetero) is 1. The van der Waals surface area contributed by atoms with Gasteiger partial charge in [-0.2, -0.15) is 0 Å². The zero-order valence-corrected chi connectivity index (χ0v) is 13.3. The van der Waals surface area contributed by atoms with Crippen LogP contribution in [0.15, 0.2) is 29.4 Å². The number of ketones is 1. The van der Waals surface area contributed by atoms with E-state index in [1.807, 2.05) is 0 Å². The van der Waals surface area contributed by atoms with Gasteiger partial charge in [0.15, 0.2) is 11.3 Å². The predicted molar refractivity (Wildman–Crippen MR) is 85.2 cm³/mol. The lowest BCUT2D eigenvalue weighted by Gasteiger charge is -2.36. The highest BCUT2D eigenvalue weighted by Crippen LogP contribution is 2.41. The molecule has 1 heterocycles. The van der Waals surface area contributed by atoms with Crippen LogP contribution in [-0.2, 0) is 9.47 Å². The summed E-state index contributed by atoms with van der Waals surface area (Å²) in [6.45, 7) is 1.14. The molecule has 1 aromatic carbocycles. The van der Waals surface area contributed by atoms with E-state index in [0.717, 1.165) is 0 Å². The number of nitroso groups, excluding NO2 is 1. The molecule has 0 bridgehead atoms. The summed E-state index contributed by atoms with van der Waals surface area (Å²) in [6, 6.07) is 6.47. The first-order valence-electron chi connectivity index (χ1n) is 7.52. The molecule has 1 aliphatic carbocycles. The molecule has 0 atom stereocenters. The normalized spacial score (nSPS) is 21.4. The van der Waals surface area contributed by atoms with Gasteiger partial charge in [0.2, 0.25) is 5.78 Å². The zero-order valence-electron chi connectivity index (χ0n) is 12.5. The number of halogens is 1. The highest BCUT2D eigenvalue weighted by atomic mass is 35.5. The molecule has 1 saturated heterocycles. The average molecular weight is 334 g/mol. The summed E-state index contributed by atoms with van der Waals surface area (Å²) in [4.78, 5) is 23.4. The molecular formula is C17H16ClNO4. The summed E-state index contributed by atoms with van der Waals surface area (Å²) in [6.07, 6.45) is 1.97. The van der Waals surface area contributed by atoms with Crippen molar-refractivity contribution in [3.8, 4) is 11.8 Å². The maximum Gasteiger partial charge on any atom is 0.235 e. The van der Waals surface area contributed by atoms with Crippen LogP contribution < -0.4 is 0 Å². The van der Waals surface area contributed by atoms with Crippen molar-refractivity contribution in [2.45, 2.75) is 37.0 Å². The lowest BCUT2D eigenvalue weighted by atomic mass is 9.79. The number of carbonyl (C=O) groups excluding carboxylic acids is 1. The number of carbonyl (C=O) groups is 1. The quantitative estimate of drug-likeness (QED) is 0.360. The van der Waals surface area contributed by atoms with Crippen molar-refractivity contribution in [2.75, 3.05) is 13.2 Å². The van der Waals surface area contributed by atoms with Crippen LogP contribution >= 0.6 is 11.6 Å². The second kappa shape index (κ2) is 6.40. The topological polar surface area (TPSA) is 65.0 Å². The minimum absolute atomic E-state index is 0.349. The van der Waals surface area contributed by atoms with Gasteiger partial charge in [-0.3, -0.25) is 4.79 Å². The Morgan fingerprint density at radius 2 is 1.70 bits per heavy atom.